The molecule has 3 aromatic rings. The molecule has 196 valence electrons. The third-order valence-corrected chi connectivity index (χ3v) is 6.47. The van der Waals surface area contributed by atoms with Gasteiger partial charge in [0.05, 0.1) is 0 Å². The van der Waals surface area contributed by atoms with Gasteiger partial charge in [-0.2, -0.15) is 0 Å². The van der Waals surface area contributed by atoms with Crippen LogP contribution in [0.5, 0.6) is 5.75 Å². The summed E-state index contributed by atoms with van der Waals surface area (Å²) < 4.78 is 6.43. The first-order chi connectivity index (χ1) is 17.7. The Hall–Kier alpha value is -3.60. The highest BCUT2D eigenvalue weighted by Crippen LogP contribution is 2.30. The average molecular weight is 503 g/mol. The Labute approximate surface area is 220 Å². The summed E-state index contributed by atoms with van der Waals surface area (Å²) in [5, 5.41) is 11.5. The van der Waals surface area contributed by atoms with E-state index in [1.165, 1.54) is 11.1 Å². The smallest absolute Gasteiger partial charge is 0.482 e. The number of unbranched alkanes of at least 4 members (excludes halogenated alkanes) is 2. The van der Waals surface area contributed by atoms with Crippen LogP contribution < -0.4 is 10.1 Å². The number of nitrogens with one attached hydrogen (secondary N) is 1. The van der Waals surface area contributed by atoms with Crippen LogP contribution >= 0.6 is 0 Å². The number of rotatable bonds is 12. The Balaban J connectivity index is 1.70. The standard InChI is InChI=1S/C32H39NO4/c1-5-6-7-8-29(25-9-11-26(12-10-25)31(36)33-22-21-30(34)35)37-28-19-15-24(16-20-28)23-13-17-27(18-14-23)32(2,3)4/h9-20,29H,5-8,21-22H2,1-4H3,(H,33,36)(H,34,35)/p+1. The van der Waals surface area contributed by atoms with Crippen molar-refractivity contribution in [3.63, 3.8) is 0 Å². The number of carbonyl (C=O) groups excluding carboxylic acids is 1. The molecule has 0 aliphatic rings. The molecule has 3 N–H and O–H groups in total. The van der Waals surface area contributed by atoms with Gasteiger partial charge in [0.2, 0.25) is 0 Å². The molecule has 5 nitrogen and oxygen atoms in total. The molecule has 0 saturated heterocycles. The van der Waals surface area contributed by atoms with E-state index in [0.717, 1.165) is 42.6 Å². The van der Waals surface area contributed by atoms with E-state index in [9.17, 15) is 4.79 Å². The number of ether oxygens (including phenoxy) is 1. The lowest BCUT2D eigenvalue weighted by molar-refractivity contribution is 0.0954. The maximum Gasteiger partial charge on any atom is 0.482 e. The van der Waals surface area contributed by atoms with Crippen molar-refractivity contribution in [3.05, 3.63) is 89.5 Å². The van der Waals surface area contributed by atoms with Gasteiger partial charge in [0.15, 0.2) is 0 Å². The van der Waals surface area contributed by atoms with Crippen molar-refractivity contribution in [2.24, 2.45) is 0 Å². The summed E-state index contributed by atoms with van der Waals surface area (Å²) in [6.45, 7) is 9.01. The van der Waals surface area contributed by atoms with E-state index in [1.54, 1.807) is 12.1 Å². The zero-order valence-electron chi connectivity index (χ0n) is 22.5. The summed E-state index contributed by atoms with van der Waals surface area (Å²) in [6, 6.07) is 24.4. The molecule has 0 aliphatic carbocycles. The van der Waals surface area contributed by atoms with Crippen molar-refractivity contribution in [3.8, 4) is 16.9 Å². The Morgan fingerprint density at radius 1 is 0.919 bits per heavy atom. The second-order valence-corrected chi connectivity index (χ2v) is 10.5. The first kappa shape index (κ1) is 28.0. The van der Waals surface area contributed by atoms with Gasteiger partial charge in [-0.05, 0) is 64.8 Å². The van der Waals surface area contributed by atoms with Crippen LogP contribution in [-0.4, -0.2) is 28.3 Å². The molecular weight excluding hydrogens is 462 g/mol. The van der Waals surface area contributed by atoms with E-state index in [-0.39, 0.29) is 30.4 Å². The molecule has 0 saturated carbocycles. The average Bonchev–Trinajstić information content (AvgIpc) is 2.88. The molecule has 0 spiro atoms. The van der Waals surface area contributed by atoms with Gasteiger partial charge in [-0.1, -0.05) is 89.1 Å². The molecule has 37 heavy (non-hydrogen) atoms. The Morgan fingerprint density at radius 2 is 1.51 bits per heavy atom. The van der Waals surface area contributed by atoms with Crippen LogP contribution in [0.3, 0.4) is 0 Å². The number of aliphatic carboxylic acids is 1. The van der Waals surface area contributed by atoms with Crippen LogP contribution in [0, 0.1) is 0 Å². The Bertz CT molecular complexity index is 1140. The molecule has 1 amide bonds. The molecule has 0 radical (unpaired) electrons. The number of carboxylic acid groups (broad SMARTS) is 1. The van der Waals surface area contributed by atoms with Crippen LogP contribution in [0.25, 0.3) is 11.1 Å². The zero-order valence-corrected chi connectivity index (χ0v) is 22.5. The van der Waals surface area contributed by atoms with Crippen molar-refractivity contribution >= 4 is 11.9 Å². The maximum absolute atomic E-state index is 12.3. The molecule has 5 heteroatoms. The van der Waals surface area contributed by atoms with Gasteiger partial charge in [0, 0.05) is 12.1 Å². The lowest BCUT2D eigenvalue weighted by Crippen LogP contribution is -2.26. The highest BCUT2D eigenvalue weighted by molar-refractivity contribution is 5.94. The number of benzene rings is 3. The summed E-state index contributed by atoms with van der Waals surface area (Å²) >= 11 is 0. The van der Waals surface area contributed by atoms with Crippen molar-refractivity contribution < 1.29 is 19.4 Å². The lowest BCUT2D eigenvalue weighted by Gasteiger charge is -2.21. The van der Waals surface area contributed by atoms with E-state index in [1.807, 2.05) is 24.3 Å². The third-order valence-electron chi connectivity index (χ3n) is 6.47. The van der Waals surface area contributed by atoms with E-state index < -0.39 is 5.97 Å². The highest BCUT2D eigenvalue weighted by atomic mass is 16.5. The number of carbonyl (C=O) groups is 1. The fourth-order valence-electron chi connectivity index (χ4n) is 4.17. The summed E-state index contributed by atoms with van der Waals surface area (Å²) in [5.41, 5.74) is 5.33. The fraction of sp³-hybridized carbons (Fsp3) is 0.375. The van der Waals surface area contributed by atoms with Crippen molar-refractivity contribution in [2.45, 2.75) is 71.3 Å². The van der Waals surface area contributed by atoms with Gasteiger partial charge in [0.25, 0.3) is 5.91 Å². The van der Waals surface area contributed by atoms with E-state index in [4.69, 9.17) is 14.6 Å². The second kappa shape index (κ2) is 13.1. The van der Waals surface area contributed by atoms with Gasteiger partial charge in [0.1, 0.15) is 18.3 Å². The molecule has 3 aromatic carbocycles. The number of aliphatic hydroxyl groups excluding tert-OH is 1. The molecular formula is C32H40NO4+. The van der Waals surface area contributed by atoms with Gasteiger partial charge < -0.3 is 20.0 Å². The largest absolute Gasteiger partial charge is 0.486 e. The lowest BCUT2D eigenvalue weighted by atomic mass is 9.86. The normalized spacial score (nSPS) is 12.1. The summed E-state index contributed by atoms with van der Waals surface area (Å²) in [6.07, 6.45) is 4.12. The summed E-state index contributed by atoms with van der Waals surface area (Å²) in [5.74, 6) is -0.116. The maximum atomic E-state index is 12.3. The van der Waals surface area contributed by atoms with Crippen molar-refractivity contribution in [2.75, 3.05) is 6.54 Å². The van der Waals surface area contributed by atoms with Crippen LogP contribution in [0.4, 0.5) is 0 Å². The fourth-order valence-corrected chi connectivity index (χ4v) is 4.17. The predicted octanol–water partition coefficient (Wildman–Crippen LogP) is 7.53. The third kappa shape index (κ3) is 8.49. The number of carboxylic acids is 1. The van der Waals surface area contributed by atoms with Gasteiger partial charge in [-0.3, -0.25) is 4.79 Å². The van der Waals surface area contributed by atoms with Gasteiger partial charge in [-0.15, -0.1) is 0 Å². The summed E-state index contributed by atoms with van der Waals surface area (Å²) in [4.78, 5) is 21.2. The zero-order chi connectivity index (χ0) is 26.8. The Morgan fingerprint density at radius 3 is 2.05 bits per heavy atom. The van der Waals surface area contributed by atoms with Gasteiger partial charge >= 0.3 is 5.97 Å². The summed E-state index contributed by atoms with van der Waals surface area (Å²) in [7, 11) is 0. The van der Waals surface area contributed by atoms with Crippen molar-refractivity contribution in [1.29, 1.82) is 0 Å². The van der Waals surface area contributed by atoms with Crippen LogP contribution in [0.15, 0.2) is 72.8 Å². The number of hydrogen-bond acceptors (Lipinski definition) is 2. The number of hydrogen-bond donors (Lipinski definition) is 2. The molecule has 0 aliphatic heterocycles. The molecule has 1 unspecified atom stereocenters. The van der Waals surface area contributed by atoms with Gasteiger partial charge in [-0.25, -0.2) is 0 Å². The molecule has 3 rings (SSSR count). The minimum absolute atomic E-state index is 0.0121. The van der Waals surface area contributed by atoms with Crippen LogP contribution in [0.2, 0.25) is 0 Å². The number of amides is 1. The van der Waals surface area contributed by atoms with Crippen molar-refractivity contribution in [1.82, 2.24) is 5.32 Å². The minimum Gasteiger partial charge on any atom is -0.486 e. The Kier molecular flexibility index (Phi) is 9.90. The second-order valence-electron chi connectivity index (χ2n) is 10.5. The highest BCUT2D eigenvalue weighted by Gasteiger charge is 2.16. The molecule has 0 fully saturated rings. The van der Waals surface area contributed by atoms with E-state index >= 15 is 0 Å². The molecule has 0 aromatic heterocycles. The quantitative estimate of drug-likeness (QED) is 0.198. The molecule has 1 atom stereocenters. The minimum atomic E-state index is -0.686. The monoisotopic (exact) mass is 502 g/mol. The molecule has 0 heterocycles. The SMILES string of the molecule is CCCCCC(Oc1ccc(-c2ccc(C(C)(C)C)cc2)cc1)c1ccc(C(=O)NCCC(O)=[OH+])cc1. The first-order valence-electron chi connectivity index (χ1n) is 13.2. The van der Waals surface area contributed by atoms with E-state index in [2.05, 4.69) is 69.4 Å². The molecule has 0 bridgehead atoms. The van der Waals surface area contributed by atoms with Crippen LogP contribution in [0.1, 0.15) is 87.4 Å². The topological polar surface area (TPSA) is 80.0 Å². The van der Waals surface area contributed by atoms with E-state index in [0.29, 0.717) is 5.56 Å². The first-order valence-corrected chi connectivity index (χ1v) is 13.2. The van der Waals surface area contributed by atoms with Crippen LogP contribution in [-0.2, 0) is 5.41 Å². The predicted molar refractivity (Wildman–Crippen MR) is 151 cm³/mol.